The highest BCUT2D eigenvalue weighted by Crippen LogP contribution is 2.26. The summed E-state index contributed by atoms with van der Waals surface area (Å²) in [6, 6.07) is 0. The quantitative estimate of drug-likeness (QED) is 0.803. The smallest absolute Gasteiger partial charge is 0.222 e. The average Bonchev–Trinajstić information content (AvgIpc) is 2.27. The zero-order chi connectivity index (χ0) is 10.8. The number of hydrogen-bond donors (Lipinski definition) is 2. The van der Waals surface area contributed by atoms with Crippen LogP contribution in [0.3, 0.4) is 0 Å². The molecule has 4 heteroatoms. The summed E-state index contributed by atoms with van der Waals surface area (Å²) in [5.74, 6) is 1.66. The highest BCUT2D eigenvalue weighted by atomic mass is 15.1. The van der Waals surface area contributed by atoms with E-state index in [9.17, 15) is 0 Å². The van der Waals surface area contributed by atoms with Gasteiger partial charge in [0, 0.05) is 37.8 Å². The fraction of sp³-hybridized carbons (Fsp3) is 0.667. The molecule has 1 fully saturated rings. The predicted octanol–water partition coefficient (Wildman–Crippen LogP) is 1.33. The SMILES string of the molecule is c1nc(NCC2CCC2)nc2c1CNCC2. The number of nitrogens with zero attached hydrogens (tertiary/aromatic N) is 2. The number of anilines is 1. The number of aromatic nitrogens is 2. The van der Waals surface area contributed by atoms with Crippen molar-refractivity contribution in [1.29, 1.82) is 0 Å². The van der Waals surface area contributed by atoms with Crippen molar-refractivity contribution in [3.8, 4) is 0 Å². The lowest BCUT2D eigenvalue weighted by Gasteiger charge is -2.25. The van der Waals surface area contributed by atoms with Gasteiger partial charge in [-0.3, -0.25) is 0 Å². The molecule has 1 aliphatic heterocycles. The first-order chi connectivity index (χ1) is 7.92. The molecule has 4 nitrogen and oxygen atoms in total. The minimum atomic E-state index is 0.813. The van der Waals surface area contributed by atoms with Gasteiger partial charge in [-0.2, -0.15) is 0 Å². The van der Waals surface area contributed by atoms with Crippen molar-refractivity contribution in [2.75, 3.05) is 18.4 Å². The van der Waals surface area contributed by atoms with Crippen molar-refractivity contribution in [3.63, 3.8) is 0 Å². The third-order valence-corrected chi connectivity index (χ3v) is 3.58. The monoisotopic (exact) mass is 218 g/mol. The van der Waals surface area contributed by atoms with Gasteiger partial charge >= 0.3 is 0 Å². The second kappa shape index (κ2) is 4.37. The summed E-state index contributed by atoms with van der Waals surface area (Å²) in [5, 5.41) is 6.68. The second-order valence-corrected chi connectivity index (χ2v) is 4.77. The van der Waals surface area contributed by atoms with Gasteiger partial charge in [-0.15, -0.1) is 0 Å². The first-order valence-electron chi connectivity index (χ1n) is 6.21. The largest absolute Gasteiger partial charge is 0.354 e. The summed E-state index contributed by atoms with van der Waals surface area (Å²) in [6.07, 6.45) is 7.10. The molecule has 0 amide bonds. The van der Waals surface area contributed by atoms with E-state index in [1.165, 1.54) is 30.5 Å². The van der Waals surface area contributed by atoms with Crippen LogP contribution < -0.4 is 10.6 Å². The van der Waals surface area contributed by atoms with E-state index in [0.717, 1.165) is 37.9 Å². The molecule has 0 saturated heterocycles. The maximum atomic E-state index is 4.58. The predicted molar refractivity (Wildman–Crippen MR) is 63.3 cm³/mol. The van der Waals surface area contributed by atoms with Gasteiger partial charge in [0.25, 0.3) is 0 Å². The van der Waals surface area contributed by atoms with Crippen molar-refractivity contribution in [3.05, 3.63) is 17.5 Å². The average molecular weight is 218 g/mol. The Morgan fingerprint density at radius 1 is 1.44 bits per heavy atom. The van der Waals surface area contributed by atoms with Crippen LogP contribution in [0.1, 0.15) is 30.5 Å². The van der Waals surface area contributed by atoms with Crippen LogP contribution in [0.2, 0.25) is 0 Å². The highest BCUT2D eigenvalue weighted by Gasteiger charge is 2.17. The summed E-state index contributed by atoms with van der Waals surface area (Å²) in [6.45, 7) is 2.99. The number of nitrogens with one attached hydrogen (secondary N) is 2. The molecular weight excluding hydrogens is 200 g/mol. The summed E-state index contributed by atoms with van der Waals surface area (Å²) in [5.41, 5.74) is 2.46. The molecule has 1 aromatic heterocycles. The van der Waals surface area contributed by atoms with Gasteiger partial charge < -0.3 is 10.6 Å². The molecule has 0 radical (unpaired) electrons. The molecule has 1 saturated carbocycles. The van der Waals surface area contributed by atoms with Crippen molar-refractivity contribution < 1.29 is 0 Å². The molecule has 1 aliphatic carbocycles. The van der Waals surface area contributed by atoms with E-state index in [1.807, 2.05) is 6.20 Å². The molecule has 0 aromatic carbocycles. The van der Waals surface area contributed by atoms with E-state index in [2.05, 4.69) is 20.6 Å². The zero-order valence-corrected chi connectivity index (χ0v) is 9.50. The minimum Gasteiger partial charge on any atom is -0.354 e. The molecule has 2 N–H and O–H groups in total. The third kappa shape index (κ3) is 2.02. The Morgan fingerprint density at radius 3 is 3.19 bits per heavy atom. The minimum absolute atomic E-state index is 0.813. The Hall–Kier alpha value is -1.16. The summed E-state index contributed by atoms with van der Waals surface area (Å²) in [4.78, 5) is 8.94. The molecule has 0 atom stereocenters. The van der Waals surface area contributed by atoms with Crippen LogP contribution >= 0.6 is 0 Å². The molecule has 0 unspecified atom stereocenters. The molecule has 0 bridgehead atoms. The van der Waals surface area contributed by atoms with Crippen molar-refractivity contribution in [1.82, 2.24) is 15.3 Å². The van der Waals surface area contributed by atoms with Crippen LogP contribution in [0.4, 0.5) is 5.95 Å². The Kier molecular flexibility index (Phi) is 2.74. The molecule has 3 rings (SSSR count). The molecule has 86 valence electrons. The lowest BCUT2D eigenvalue weighted by atomic mass is 9.85. The maximum Gasteiger partial charge on any atom is 0.222 e. The standard InChI is InChI=1S/C12H18N4/c1-2-9(3-1)6-14-12-15-8-10-7-13-5-4-11(10)16-12/h8-9,13H,1-7H2,(H,14,15,16). The molecule has 16 heavy (non-hydrogen) atoms. The third-order valence-electron chi connectivity index (χ3n) is 3.58. The summed E-state index contributed by atoms with van der Waals surface area (Å²) >= 11 is 0. The Bertz CT molecular complexity index is 373. The topological polar surface area (TPSA) is 49.8 Å². The van der Waals surface area contributed by atoms with E-state index >= 15 is 0 Å². The molecule has 2 aliphatic rings. The normalized spacial score (nSPS) is 20.0. The molecular formula is C12H18N4. The van der Waals surface area contributed by atoms with Crippen LogP contribution in [-0.2, 0) is 13.0 Å². The van der Waals surface area contributed by atoms with Gasteiger partial charge in [0.05, 0.1) is 5.69 Å². The van der Waals surface area contributed by atoms with Crippen molar-refractivity contribution >= 4 is 5.95 Å². The van der Waals surface area contributed by atoms with Gasteiger partial charge in [0.1, 0.15) is 0 Å². The van der Waals surface area contributed by atoms with Gasteiger partial charge in [0.2, 0.25) is 5.95 Å². The second-order valence-electron chi connectivity index (χ2n) is 4.77. The highest BCUT2D eigenvalue weighted by molar-refractivity contribution is 5.31. The summed E-state index contributed by atoms with van der Waals surface area (Å²) in [7, 11) is 0. The first-order valence-corrected chi connectivity index (χ1v) is 6.21. The van der Waals surface area contributed by atoms with E-state index in [-0.39, 0.29) is 0 Å². The maximum absolute atomic E-state index is 4.58. The summed E-state index contributed by atoms with van der Waals surface area (Å²) < 4.78 is 0. The zero-order valence-electron chi connectivity index (χ0n) is 9.50. The van der Waals surface area contributed by atoms with Gasteiger partial charge in [-0.1, -0.05) is 6.42 Å². The Morgan fingerprint density at radius 2 is 2.38 bits per heavy atom. The number of rotatable bonds is 3. The lowest BCUT2D eigenvalue weighted by Crippen LogP contribution is -2.26. The molecule has 2 heterocycles. The Labute approximate surface area is 95.9 Å². The van der Waals surface area contributed by atoms with Crippen molar-refractivity contribution in [2.24, 2.45) is 5.92 Å². The number of fused-ring (bicyclic) bond motifs is 1. The van der Waals surface area contributed by atoms with Gasteiger partial charge in [0.15, 0.2) is 0 Å². The van der Waals surface area contributed by atoms with Crippen molar-refractivity contribution in [2.45, 2.75) is 32.2 Å². The van der Waals surface area contributed by atoms with Crippen LogP contribution in [0, 0.1) is 5.92 Å². The fourth-order valence-corrected chi connectivity index (χ4v) is 2.25. The molecule has 0 spiro atoms. The van der Waals surface area contributed by atoms with Crippen LogP contribution in [0.5, 0.6) is 0 Å². The fourth-order valence-electron chi connectivity index (χ4n) is 2.25. The van der Waals surface area contributed by atoms with Gasteiger partial charge in [-0.05, 0) is 18.8 Å². The van der Waals surface area contributed by atoms with E-state index < -0.39 is 0 Å². The van der Waals surface area contributed by atoms with Gasteiger partial charge in [-0.25, -0.2) is 9.97 Å². The van der Waals surface area contributed by atoms with Crippen LogP contribution in [0.25, 0.3) is 0 Å². The van der Waals surface area contributed by atoms with Crippen LogP contribution in [-0.4, -0.2) is 23.1 Å². The van der Waals surface area contributed by atoms with E-state index in [1.54, 1.807) is 0 Å². The van der Waals surface area contributed by atoms with Crippen LogP contribution in [0.15, 0.2) is 6.20 Å². The first kappa shape index (κ1) is 10.0. The molecule has 1 aromatic rings. The number of hydrogen-bond acceptors (Lipinski definition) is 4. The van der Waals surface area contributed by atoms with E-state index in [0.29, 0.717) is 0 Å². The lowest BCUT2D eigenvalue weighted by molar-refractivity contribution is 0.333. The Balaban J connectivity index is 1.65. The van der Waals surface area contributed by atoms with E-state index in [4.69, 9.17) is 0 Å².